The summed E-state index contributed by atoms with van der Waals surface area (Å²) in [4.78, 5) is 8.25. The number of rotatable bonds is 5. The number of methoxy groups -OCH3 is 1. The van der Waals surface area contributed by atoms with Gasteiger partial charge in [-0.1, -0.05) is 6.92 Å². The van der Waals surface area contributed by atoms with E-state index in [4.69, 9.17) is 10.5 Å². The van der Waals surface area contributed by atoms with Crippen LogP contribution in [0.5, 0.6) is 0 Å². The Morgan fingerprint density at radius 1 is 1.43 bits per heavy atom. The van der Waals surface area contributed by atoms with Crippen LogP contribution in [0, 0.1) is 0 Å². The average molecular weight is 195 g/mol. The molecule has 0 unspecified atom stereocenters. The van der Waals surface area contributed by atoms with Crippen molar-refractivity contribution in [1.82, 2.24) is 9.97 Å². The van der Waals surface area contributed by atoms with Crippen LogP contribution in [0.1, 0.15) is 19.2 Å². The first kappa shape index (κ1) is 11.1. The van der Waals surface area contributed by atoms with E-state index in [1.807, 2.05) is 0 Å². The van der Waals surface area contributed by atoms with Crippen LogP contribution in [-0.4, -0.2) is 29.2 Å². The Kier molecular flexibility index (Phi) is 4.49. The molecule has 14 heavy (non-hydrogen) atoms. The van der Waals surface area contributed by atoms with Gasteiger partial charge in [0.05, 0.1) is 6.10 Å². The molecule has 1 rings (SSSR count). The molecule has 4 nitrogen and oxygen atoms in total. The van der Waals surface area contributed by atoms with E-state index in [-0.39, 0.29) is 12.1 Å². The van der Waals surface area contributed by atoms with Gasteiger partial charge in [0, 0.05) is 32.0 Å². The number of nitrogens with zero attached hydrogens (tertiary/aromatic N) is 2. The van der Waals surface area contributed by atoms with Gasteiger partial charge in [0.15, 0.2) is 0 Å². The third kappa shape index (κ3) is 3.05. The third-order valence-electron chi connectivity index (χ3n) is 2.22. The zero-order chi connectivity index (χ0) is 10.4. The lowest BCUT2D eigenvalue weighted by Gasteiger charge is -2.20. The molecule has 0 saturated heterocycles. The summed E-state index contributed by atoms with van der Waals surface area (Å²) in [6.07, 6.45) is 5.10. The number of aromatic nitrogens is 2. The second-order valence-electron chi connectivity index (χ2n) is 3.22. The molecule has 1 aromatic heterocycles. The van der Waals surface area contributed by atoms with Crippen LogP contribution < -0.4 is 5.73 Å². The lowest BCUT2D eigenvalue weighted by atomic mass is 10.1. The Bertz CT molecular complexity index is 249. The second-order valence-corrected chi connectivity index (χ2v) is 3.22. The maximum atomic E-state index is 5.97. The van der Waals surface area contributed by atoms with Gasteiger partial charge in [-0.05, 0) is 12.5 Å². The highest BCUT2D eigenvalue weighted by molar-refractivity contribution is 4.92. The molecule has 0 radical (unpaired) electrons. The Morgan fingerprint density at radius 2 is 2.07 bits per heavy atom. The van der Waals surface area contributed by atoms with Crippen molar-refractivity contribution in [1.29, 1.82) is 0 Å². The van der Waals surface area contributed by atoms with Gasteiger partial charge in [0.2, 0.25) is 0 Å². The molecule has 0 saturated carbocycles. The van der Waals surface area contributed by atoms with Crippen LogP contribution in [0.25, 0.3) is 0 Å². The minimum Gasteiger partial charge on any atom is -0.380 e. The predicted octanol–water partition coefficient (Wildman–Crippen LogP) is 0.771. The van der Waals surface area contributed by atoms with E-state index < -0.39 is 0 Å². The van der Waals surface area contributed by atoms with Crippen molar-refractivity contribution >= 4 is 0 Å². The van der Waals surface area contributed by atoms with Crippen molar-refractivity contribution in [3.8, 4) is 0 Å². The molecule has 2 N–H and O–H groups in total. The lowest BCUT2D eigenvalue weighted by Crippen LogP contribution is -2.38. The Hall–Kier alpha value is -1.00. The first-order chi connectivity index (χ1) is 6.77. The maximum Gasteiger partial charge on any atom is 0.129 e. The van der Waals surface area contributed by atoms with Gasteiger partial charge in [0.1, 0.15) is 5.82 Å². The van der Waals surface area contributed by atoms with Crippen LogP contribution in [0.4, 0.5) is 0 Å². The number of nitrogens with two attached hydrogens (primary N) is 1. The SMILES string of the molecule is CC[C@H](OC)[C@H](N)Cc1ncccn1. The summed E-state index contributed by atoms with van der Waals surface area (Å²) >= 11 is 0. The minimum atomic E-state index is -0.0348. The number of ether oxygens (including phenoxy) is 1. The van der Waals surface area contributed by atoms with Gasteiger partial charge < -0.3 is 10.5 Å². The molecule has 0 aliphatic heterocycles. The van der Waals surface area contributed by atoms with Crippen molar-refractivity contribution in [2.75, 3.05) is 7.11 Å². The molecular formula is C10H17N3O. The largest absolute Gasteiger partial charge is 0.380 e. The molecule has 0 aromatic carbocycles. The van der Waals surface area contributed by atoms with Crippen molar-refractivity contribution in [3.05, 3.63) is 24.3 Å². The molecule has 1 heterocycles. The van der Waals surface area contributed by atoms with Crippen molar-refractivity contribution in [3.63, 3.8) is 0 Å². The Labute approximate surface area is 84.5 Å². The van der Waals surface area contributed by atoms with Gasteiger partial charge >= 0.3 is 0 Å². The second kappa shape index (κ2) is 5.67. The normalized spacial score (nSPS) is 15.1. The van der Waals surface area contributed by atoms with Crippen LogP contribution in [0.3, 0.4) is 0 Å². The monoisotopic (exact) mass is 195 g/mol. The van der Waals surface area contributed by atoms with E-state index in [1.165, 1.54) is 0 Å². The maximum absolute atomic E-state index is 5.97. The van der Waals surface area contributed by atoms with Crippen molar-refractivity contribution < 1.29 is 4.74 Å². The van der Waals surface area contributed by atoms with Gasteiger partial charge in [-0.25, -0.2) is 9.97 Å². The van der Waals surface area contributed by atoms with E-state index in [1.54, 1.807) is 25.6 Å². The van der Waals surface area contributed by atoms with Gasteiger partial charge in [-0.2, -0.15) is 0 Å². The predicted molar refractivity (Wildman–Crippen MR) is 54.8 cm³/mol. The lowest BCUT2D eigenvalue weighted by molar-refractivity contribution is 0.0767. The minimum absolute atomic E-state index is 0.0348. The Morgan fingerprint density at radius 3 is 2.57 bits per heavy atom. The standard InChI is InChI=1S/C10H17N3O/c1-3-9(14-2)8(11)7-10-12-5-4-6-13-10/h4-6,8-9H,3,7,11H2,1-2H3/t8-,9+/m1/s1. The molecule has 0 fully saturated rings. The van der Waals surface area contributed by atoms with Crippen LogP contribution >= 0.6 is 0 Å². The fourth-order valence-corrected chi connectivity index (χ4v) is 1.42. The van der Waals surface area contributed by atoms with Gasteiger partial charge in [-0.15, -0.1) is 0 Å². The molecule has 0 amide bonds. The molecule has 1 aromatic rings. The van der Waals surface area contributed by atoms with Gasteiger partial charge in [-0.3, -0.25) is 0 Å². The first-order valence-electron chi connectivity index (χ1n) is 4.82. The molecule has 78 valence electrons. The highest BCUT2D eigenvalue weighted by atomic mass is 16.5. The van der Waals surface area contributed by atoms with E-state index in [0.29, 0.717) is 6.42 Å². The van der Waals surface area contributed by atoms with Gasteiger partial charge in [0.25, 0.3) is 0 Å². The summed E-state index contributed by atoms with van der Waals surface area (Å²) in [7, 11) is 1.68. The summed E-state index contributed by atoms with van der Waals surface area (Å²) < 4.78 is 5.25. The Balaban J connectivity index is 2.52. The number of hydrogen-bond donors (Lipinski definition) is 1. The topological polar surface area (TPSA) is 61.0 Å². The summed E-state index contributed by atoms with van der Waals surface area (Å²) in [6.45, 7) is 2.06. The summed E-state index contributed by atoms with van der Waals surface area (Å²) in [5.41, 5.74) is 5.97. The van der Waals surface area contributed by atoms with Crippen molar-refractivity contribution in [2.24, 2.45) is 5.73 Å². The van der Waals surface area contributed by atoms with Crippen LogP contribution in [0.15, 0.2) is 18.5 Å². The highest BCUT2D eigenvalue weighted by Gasteiger charge is 2.16. The zero-order valence-corrected chi connectivity index (χ0v) is 8.68. The molecule has 2 atom stereocenters. The smallest absolute Gasteiger partial charge is 0.129 e. The average Bonchev–Trinajstić information content (AvgIpc) is 2.21. The fraction of sp³-hybridized carbons (Fsp3) is 0.600. The molecular weight excluding hydrogens is 178 g/mol. The molecule has 0 bridgehead atoms. The molecule has 4 heteroatoms. The molecule has 0 aliphatic rings. The molecule has 0 spiro atoms. The van der Waals surface area contributed by atoms with E-state index >= 15 is 0 Å². The van der Waals surface area contributed by atoms with Crippen LogP contribution in [0.2, 0.25) is 0 Å². The first-order valence-corrected chi connectivity index (χ1v) is 4.82. The third-order valence-corrected chi connectivity index (χ3v) is 2.22. The fourth-order valence-electron chi connectivity index (χ4n) is 1.42. The number of hydrogen-bond acceptors (Lipinski definition) is 4. The highest BCUT2D eigenvalue weighted by Crippen LogP contribution is 2.05. The van der Waals surface area contributed by atoms with Crippen LogP contribution in [-0.2, 0) is 11.2 Å². The van der Waals surface area contributed by atoms with Crippen molar-refractivity contribution in [2.45, 2.75) is 31.9 Å². The molecule has 0 aliphatic carbocycles. The summed E-state index contributed by atoms with van der Waals surface area (Å²) in [5.74, 6) is 0.774. The summed E-state index contributed by atoms with van der Waals surface area (Å²) in [6, 6.07) is 1.76. The van der Waals surface area contributed by atoms with E-state index in [2.05, 4.69) is 16.9 Å². The van der Waals surface area contributed by atoms with E-state index in [9.17, 15) is 0 Å². The van der Waals surface area contributed by atoms with E-state index in [0.717, 1.165) is 12.2 Å². The zero-order valence-electron chi connectivity index (χ0n) is 8.68. The summed E-state index contributed by atoms with van der Waals surface area (Å²) in [5, 5.41) is 0. The quantitative estimate of drug-likeness (QED) is 0.754.